The van der Waals surface area contributed by atoms with E-state index in [-0.39, 0.29) is 18.3 Å². The molecule has 2 aromatic carbocycles. The van der Waals surface area contributed by atoms with E-state index in [1.807, 2.05) is 42.5 Å². The van der Waals surface area contributed by atoms with Crippen LogP contribution in [0.4, 0.5) is 0 Å². The number of benzene rings is 2. The number of hydrogen-bond acceptors (Lipinski definition) is 5. The van der Waals surface area contributed by atoms with Crippen LogP contribution in [-0.4, -0.2) is 42.3 Å². The van der Waals surface area contributed by atoms with Crippen molar-refractivity contribution in [3.05, 3.63) is 95.8 Å². The molecule has 3 rings (SSSR count). The Hall–Kier alpha value is -3.93. The molecule has 0 fully saturated rings. The van der Waals surface area contributed by atoms with E-state index in [9.17, 15) is 9.59 Å². The monoisotopic (exact) mass is 416 g/mol. The molecule has 0 aliphatic rings. The predicted molar refractivity (Wildman–Crippen MR) is 119 cm³/mol. The molecule has 0 saturated carbocycles. The van der Waals surface area contributed by atoms with E-state index >= 15 is 0 Å². The standard InChI is InChI=1S/C25H24N2O4/c1-27(2)25(29)18-31-23-13-9-20(10-14-23)24(28)15-8-19-6-11-22(12-7-19)30-17-21-5-3-4-16-26-21/h3-16H,17-18H2,1-2H3/b15-8+. The molecule has 1 aromatic heterocycles. The Morgan fingerprint density at radius 2 is 1.58 bits per heavy atom. The number of nitrogens with zero attached hydrogens (tertiary/aromatic N) is 2. The summed E-state index contributed by atoms with van der Waals surface area (Å²) in [5, 5.41) is 0. The number of hydrogen-bond donors (Lipinski definition) is 0. The Labute approximate surface area is 181 Å². The van der Waals surface area contributed by atoms with Gasteiger partial charge in [0, 0.05) is 25.9 Å². The number of amides is 1. The minimum atomic E-state index is -0.128. The highest BCUT2D eigenvalue weighted by molar-refractivity contribution is 6.06. The van der Waals surface area contributed by atoms with Gasteiger partial charge in [0.2, 0.25) is 0 Å². The maximum atomic E-state index is 12.4. The van der Waals surface area contributed by atoms with Crippen LogP contribution in [0.25, 0.3) is 6.08 Å². The lowest BCUT2D eigenvalue weighted by atomic mass is 10.1. The molecule has 6 nitrogen and oxygen atoms in total. The molecule has 3 aromatic rings. The number of carbonyl (C=O) groups is 2. The van der Waals surface area contributed by atoms with Crippen molar-refractivity contribution < 1.29 is 19.1 Å². The lowest BCUT2D eigenvalue weighted by molar-refractivity contribution is -0.130. The van der Waals surface area contributed by atoms with E-state index < -0.39 is 0 Å². The predicted octanol–water partition coefficient (Wildman–Crippen LogP) is 4.02. The van der Waals surface area contributed by atoms with Gasteiger partial charge in [-0.25, -0.2) is 0 Å². The Bertz CT molecular complexity index is 1030. The Kier molecular flexibility index (Phi) is 7.54. The van der Waals surface area contributed by atoms with Gasteiger partial charge in [-0.2, -0.15) is 0 Å². The molecule has 0 aliphatic heterocycles. The summed E-state index contributed by atoms with van der Waals surface area (Å²) in [7, 11) is 3.34. The number of ether oxygens (including phenoxy) is 2. The normalized spacial score (nSPS) is 10.6. The largest absolute Gasteiger partial charge is 0.487 e. The van der Waals surface area contributed by atoms with Crippen LogP contribution in [-0.2, 0) is 11.4 Å². The second-order valence-corrected chi connectivity index (χ2v) is 6.98. The fourth-order valence-corrected chi connectivity index (χ4v) is 2.57. The number of ketones is 1. The highest BCUT2D eigenvalue weighted by Gasteiger charge is 2.06. The lowest BCUT2D eigenvalue weighted by Crippen LogP contribution is -2.27. The topological polar surface area (TPSA) is 68.7 Å². The van der Waals surface area contributed by atoms with E-state index in [0.29, 0.717) is 17.9 Å². The minimum absolute atomic E-state index is 0.0399. The van der Waals surface area contributed by atoms with Crippen LogP contribution in [0, 0.1) is 0 Å². The van der Waals surface area contributed by atoms with Gasteiger partial charge in [0.1, 0.15) is 18.1 Å². The first-order valence-electron chi connectivity index (χ1n) is 9.79. The molecule has 1 heterocycles. The first-order chi connectivity index (χ1) is 15.0. The van der Waals surface area contributed by atoms with Gasteiger partial charge >= 0.3 is 0 Å². The first kappa shape index (κ1) is 21.8. The summed E-state index contributed by atoms with van der Waals surface area (Å²) in [5.41, 5.74) is 2.29. The molecule has 0 spiro atoms. The van der Waals surface area contributed by atoms with Crippen molar-refractivity contribution in [3.63, 3.8) is 0 Å². The van der Waals surface area contributed by atoms with Crippen molar-refractivity contribution in [3.8, 4) is 11.5 Å². The van der Waals surface area contributed by atoms with Gasteiger partial charge in [0.05, 0.1) is 5.69 Å². The second-order valence-electron chi connectivity index (χ2n) is 6.98. The molecule has 0 atom stereocenters. The van der Waals surface area contributed by atoms with E-state index in [1.165, 1.54) is 11.0 Å². The van der Waals surface area contributed by atoms with Crippen molar-refractivity contribution in [1.82, 2.24) is 9.88 Å². The summed E-state index contributed by atoms with van der Waals surface area (Å²) in [5.74, 6) is 1.03. The van der Waals surface area contributed by atoms with E-state index in [1.54, 1.807) is 50.6 Å². The number of allylic oxidation sites excluding steroid dienone is 1. The number of rotatable bonds is 9. The quantitative estimate of drug-likeness (QED) is 0.389. The van der Waals surface area contributed by atoms with Gasteiger partial charge in [-0.3, -0.25) is 14.6 Å². The summed E-state index contributed by atoms with van der Waals surface area (Å²) < 4.78 is 11.1. The fourth-order valence-electron chi connectivity index (χ4n) is 2.57. The Balaban J connectivity index is 1.51. The van der Waals surface area contributed by atoms with Crippen molar-refractivity contribution in [2.24, 2.45) is 0 Å². The van der Waals surface area contributed by atoms with Crippen molar-refractivity contribution in [1.29, 1.82) is 0 Å². The second kappa shape index (κ2) is 10.7. The minimum Gasteiger partial charge on any atom is -0.487 e. The molecule has 0 saturated heterocycles. The van der Waals surface area contributed by atoms with Crippen LogP contribution in [0.15, 0.2) is 79.0 Å². The molecule has 0 N–H and O–H groups in total. The van der Waals surface area contributed by atoms with Gasteiger partial charge in [0.25, 0.3) is 5.91 Å². The van der Waals surface area contributed by atoms with Crippen molar-refractivity contribution in [2.45, 2.75) is 6.61 Å². The lowest BCUT2D eigenvalue weighted by Gasteiger charge is -2.11. The maximum Gasteiger partial charge on any atom is 0.259 e. The SMILES string of the molecule is CN(C)C(=O)COc1ccc(C(=O)/C=C/c2ccc(OCc3ccccn3)cc2)cc1. The van der Waals surface area contributed by atoms with E-state index in [4.69, 9.17) is 9.47 Å². The highest BCUT2D eigenvalue weighted by atomic mass is 16.5. The highest BCUT2D eigenvalue weighted by Crippen LogP contribution is 2.16. The molecule has 0 bridgehead atoms. The molecule has 31 heavy (non-hydrogen) atoms. The summed E-state index contributed by atoms with van der Waals surface area (Å²) in [6.45, 7) is 0.360. The summed E-state index contributed by atoms with van der Waals surface area (Å²) >= 11 is 0. The van der Waals surface area contributed by atoms with E-state index in [0.717, 1.165) is 17.0 Å². The van der Waals surface area contributed by atoms with Crippen LogP contribution < -0.4 is 9.47 Å². The number of likely N-dealkylation sites (N-methyl/N-ethyl adjacent to an activating group) is 1. The molecular formula is C25H24N2O4. The zero-order chi connectivity index (χ0) is 22.1. The molecular weight excluding hydrogens is 392 g/mol. The first-order valence-corrected chi connectivity index (χ1v) is 9.79. The Morgan fingerprint density at radius 3 is 2.23 bits per heavy atom. The molecule has 158 valence electrons. The fraction of sp³-hybridized carbons (Fsp3) is 0.160. The van der Waals surface area contributed by atoms with Crippen molar-refractivity contribution in [2.75, 3.05) is 20.7 Å². The van der Waals surface area contributed by atoms with Crippen LogP contribution in [0.2, 0.25) is 0 Å². The third kappa shape index (κ3) is 6.82. The molecule has 6 heteroatoms. The van der Waals surface area contributed by atoms with Crippen molar-refractivity contribution >= 4 is 17.8 Å². The Morgan fingerprint density at radius 1 is 0.903 bits per heavy atom. The molecule has 0 unspecified atom stereocenters. The zero-order valence-corrected chi connectivity index (χ0v) is 17.5. The van der Waals surface area contributed by atoms with Crippen LogP contribution in [0.1, 0.15) is 21.6 Å². The molecule has 0 aliphatic carbocycles. The van der Waals surface area contributed by atoms with Gasteiger partial charge in [-0.1, -0.05) is 24.3 Å². The van der Waals surface area contributed by atoms with Gasteiger partial charge in [-0.05, 0) is 60.2 Å². The van der Waals surface area contributed by atoms with E-state index in [2.05, 4.69) is 4.98 Å². The summed E-state index contributed by atoms with van der Waals surface area (Å²) in [6.07, 6.45) is 5.01. The van der Waals surface area contributed by atoms with Crippen LogP contribution in [0.3, 0.4) is 0 Å². The zero-order valence-electron chi connectivity index (χ0n) is 17.5. The number of pyridine rings is 1. The molecule has 1 amide bonds. The van der Waals surface area contributed by atoms with Crippen LogP contribution in [0.5, 0.6) is 11.5 Å². The van der Waals surface area contributed by atoms with Gasteiger partial charge in [0.15, 0.2) is 12.4 Å². The summed E-state index contributed by atoms with van der Waals surface area (Å²) in [6, 6.07) is 19.9. The van der Waals surface area contributed by atoms with Crippen LogP contribution >= 0.6 is 0 Å². The average molecular weight is 416 g/mol. The third-order valence-electron chi connectivity index (χ3n) is 4.42. The average Bonchev–Trinajstić information content (AvgIpc) is 2.81. The third-order valence-corrected chi connectivity index (χ3v) is 4.42. The summed E-state index contributed by atoms with van der Waals surface area (Å²) in [4.78, 5) is 29.6. The van der Waals surface area contributed by atoms with Gasteiger partial charge in [-0.15, -0.1) is 0 Å². The maximum absolute atomic E-state index is 12.4. The molecule has 0 radical (unpaired) electrons. The number of carbonyl (C=O) groups excluding carboxylic acids is 2. The van der Waals surface area contributed by atoms with Gasteiger partial charge < -0.3 is 14.4 Å². The number of aromatic nitrogens is 1. The smallest absolute Gasteiger partial charge is 0.259 e.